The summed E-state index contributed by atoms with van der Waals surface area (Å²) in [7, 11) is 1.55. The van der Waals surface area contributed by atoms with Crippen LogP contribution >= 0.6 is 0 Å². The molecule has 0 aliphatic carbocycles. The minimum absolute atomic E-state index is 0.112. The Kier molecular flexibility index (Phi) is 5.92. The molecule has 0 saturated carbocycles. The van der Waals surface area contributed by atoms with E-state index < -0.39 is 18.0 Å². The molecule has 0 spiro atoms. The lowest BCUT2D eigenvalue weighted by molar-refractivity contribution is -0.141. The first-order valence-electron chi connectivity index (χ1n) is 7.89. The van der Waals surface area contributed by atoms with E-state index in [1.807, 2.05) is 0 Å². The van der Waals surface area contributed by atoms with Gasteiger partial charge < -0.3 is 20.1 Å². The summed E-state index contributed by atoms with van der Waals surface area (Å²) in [5, 5.41) is 11.7. The van der Waals surface area contributed by atoms with E-state index >= 15 is 0 Å². The van der Waals surface area contributed by atoms with Crippen LogP contribution in [-0.2, 0) is 14.3 Å². The number of rotatable bonds is 6. The van der Waals surface area contributed by atoms with Crippen LogP contribution in [-0.4, -0.2) is 54.1 Å². The first-order chi connectivity index (χ1) is 11.4. The van der Waals surface area contributed by atoms with Gasteiger partial charge in [0.2, 0.25) is 0 Å². The Bertz CT molecular complexity index is 625. The van der Waals surface area contributed by atoms with Crippen molar-refractivity contribution in [2.75, 3.05) is 25.5 Å². The summed E-state index contributed by atoms with van der Waals surface area (Å²) in [6.45, 7) is 2.24. The summed E-state index contributed by atoms with van der Waals surface area (Å²) in [5.74, 6) is -2.12. The smallest absolute Gasteiger partial charge is 0.308 e. The second kappa shape index (κ2) is 7.92. The Hall–Kier alpha value is -2.41. The third-order valence-corrected chi connectivity index (χ3v) is 3.92. The molecule has 2 rings (SSSR count). The van der Waals surface area contributed by atoms with Crippen molar-refractivity contribution in [2.24, 2.45) is 5.92 Å². The van der Waals surface area contributed by atoms with Gasteiger partial charge in [-0.3, -0.25) is 14.4 Å². The Labute approximate surface area is 140 Å². The number of carbonyl (C=O) groups excluding carboxylic acids is 2. The van der Waals surface area contributed by atoms with Gasteiger partial charge in [0.15, 0.2) is 0 Å². The Morgan fingerprint density at radius 1 is 1.42 bits per heavy atom. The number of carbonyl (C=O) groups is 3. The highest BCUT2D eigenvalue weighted by Gasteiger charge is 2.24. The summed E-state index contributed by atoms with van der Waals surface area (Å²) >= 11 is 0. The number of ether oxygens (including phenoxy) is 1. The van der Waals surface area contributed by atoms with E-state index in [2.05, 4.69) is 5.32 Å². The zero-order valence-electron chi connectivity index (χ0n) is 13.8. The Balaban J connectivity index is 2.02. The molecule has 2 unspecified atom stereocenters. The van der Waals surface area contributed by atoms with Crippen molar-refractivity contribution >= 4 is 23.5 Å². The van der Waals surface area contributed by atoms with Gasteiger partial charge in [-0.05, 0) is 31.0 Å². The van der Waals surface area contributed by atoms with Gasteiger partial charge in [0.25, 0.3) is 11.8 Å². The van der Waals surface area contributed by atoms with Crippen molar-refractivity contribution in [3.8, 4) is 0 Å². The molecule has 2 N–H and O–H groups in total. The fourth-order valence-electron chi connectivity index (χ4n) is 2.53. The largest absolute Gasteiger partial charge is 0.481 e. The molecule has 1 aromatic rings. The third kappa shape index (κ3) is 4.55. The molecule has 1 saturated heterocycles. The van der Waals surface area contributed by atoms with E-state index in [1.165, 1.54) is 4.90 Å². The maximum Gasteiger partial charge on any atom is 0.308 e. The second-order valence-corrected chi connectivity index (χ2v) is 6.00. The fraction of sp³-hybridized carbons (Fsp3) is 0.471. The molecule has 0 bridgehead atoms. The van der Waals surface area contributed by atoms with Crippen LogP contribution in [0.5, 0.6) is 0 Å². The van der Waals surface area contributed by atoms with Crippen molar-refractivity contribution in [1.82, 2.24) is 4.90 Å². The normalized spacial score (nSPS) is 18.0. The molecule has 1 fully saturated rings. The molecule has 24 heavy (non-hydrogen) atoms. The van der Waals surface area contributed by atoms with Gasteiger partial charge in [-0.2, -0.15) is 0 Å². The number of nitrogens with one attached hydrogen (secondary N) is 1. The molecule has 1 aromatic carbocycles. The number of carboxylic acids is 1. The van der Waals surface area contributed by atoms with Gasteiger partial charge in [0.05, 0.1) is 5.92 Å². The summed E-state index contributed by atoms with van der Waals surface area (Å²) in [6.07, 6.45) is 1.12. The maximum absolute atomic E-state index is 12.4. The minimum atomic E-state index is -0.952. The first-order valence-corrected chi connectivity index (χ1v) is 7.89. The van der Waals surface area contributed by atoms with Crippen LogP contribution in [0.4, 0.5) is 5.69 Å². The number of aliphatic carboxylic acids is 1. The van der Waals surface area contributed by atoms with Crippen LogP contribution in [0.2, 0.25) is 0 Å². The standard InChI is InChI=1S/C17H22N2O5/c1-11(17(22)23)10-19(2)16(21)12-5-3-6-13(9-12)18-15(20)14-7-4-8-24-14/h3,5-6,9,11,14H,4,7-8,10H2,1-2H3,(H,18,20)(H,22,23). The van der Waals surface area contributed by atoms with Crippen molar-refractivity contribution < 1.29 is 24.2 Å². The average molecular weight is 334 g/mol. The molecular formula is C17H22N2O5. The highest BCUT2D eigenvalue weighted by Crippen LogP contribution is 2.17. The topological polar surface area (TPSA) is 95.9 Å². The number of benzene rings is 1. The summed E-state index contributed by atoms with van der Waals surface area (Å²) in [4.78, 5) is 36.7. The van der Waals surface area contributed by atoms with Crippen molar-refractivity contribution in [1.29, 1.82) is 0 Å². The zero-order valence-corrected chi connectivity index (χ0v) is 13.8. The van der Waals surface area contributed by atoms with E-state index in [-0.39, 0.29) is 18.4 Å². The highest BCUT2D eigenvalue weighted by molar-refractivity contribution is 5.98. The van der Waals surface area contributed by atoms with Crippen molar-refractivity contribution in [3.05, 3.63) is 29.8 Å². The predicted octanol–water partition coefficient (Wildman–Crippen LogP) is 1.60. The van der Waals surface area contributed by atoms with Crippen LogP contribution in [0.1, 0.15) is 30.1 Å². The van der Waals surface area contributed by atoms with Crippen LogP contribution in [0.15, 0.2) is 24.3 Å². The second-order valence-electron chi connectivity index (χ2n) is 6.00. The number of amides is 2. The van der Waals surface area contributed by atoms with Gasteiger partial charge in [-0.1, -0.05) is 13.0 Å². The first kappa shape index (κ1) is 17.9. The van der Waals surface area contributed by atoms with E-state index in [0.717, 1.165) is 6.42 Å². The number of hydrogen-bond donors (Lipinski definition) is 2. The summed E-state index contributed by atoms with van der Waals surface area (Å²) < 4.78 is 5.33. The van der Waals surface area contributed by atoms with E-state index in [0.29, 0.717) is 24.3 Å². The average Bonchev–Trinajstić information content (AvgIpc) is 3.08. The van der Waals surface area contributed by atoms with E-state index in [9.17, 15) is 14.4 Å². The number of carboxylic acid groups (broad SMARTS) is 1. The molecule has 0 aromatic heterocycles. The van der Waals surface area contributed by atoms with Crippen LogP contribution in [0, 0.1) is 5.92 Å². The molecule has 2 atom stereocenters. The minimum Gasteiger partial charge on any atom is -0.481 e. The quantitative estimate of drug-likeness (QED) is 0.824. The SMILES string of the molecule is CC(CN(C)C(=O)c1cccc(NC(=O)C2CCCO2)c1)C(=O)O. The monoisotopic (exact) mass is 334 g/mol. The summed E-state index contributed by atoms with van der Waals surface area (Å²) in [6, 6.07) is 6.58. The van der Waals surface area contributed by atoms with Crippen molar-refractivity contribution in [2.45, 2.75) is 25.9 Å². The van der Waals surface area contributed by atoms with Gasteiger partial charge in [0.1, 0.15) is 6.10 Å². The lowest BCUT2D eigenvalue weighted by Gasteiger charge is -2.20. The lowest BCUT2D eigenvalue weighted by atomic mass is 10.1. The van der Waals surface area contributed by atoms with E-state index in [4.69, 9.17) is 9.84 Å². The Morgan fingerprint density at radius 3 is 2.79 bits per heavy atom. The number of hydrogen-bond acceptors (Lipinski definition) is 4. The number of anilines is 1. The molecular weight excluding hydrogens is 312 g/mol. The summed E-state index contributed by atoms with van der Waals surface area (Å²) in [5.41, 5.74) is 0.904. The Morgan fingerprint density at radius 2 is 2.17 bits per heavy atom. The van der Waals surface area contributed by atoms with Crippen LogP contribution < -0.4 is 5.32 Å². The van der Waals surface area contributed by atoms with Crippen LogP contribution in [0.25, 0.3) is 0 Å². The zero-order chi connectivity index (χ0) is 17.7. The van der Waals surface area contributed by atoms with Gasteiger partial charge in [0, 0.05) is 31.5 Å². The third-order valence-electron chi connectivity index (χ3n) is 3.92. The van der Waals surface area contributed by atoms with Gasteiger partial charge >= 0.3 is 5.97 Å². The maximum atomic E-state index is 12.4. The van der Waals surface area contributed by atoms with E-state index in [1.54, 1.807) is 38.2 Å². The lowest BCUT2D eigenvalue weighted by Crippen LogP contribution is -2.33. The number of nitrogens with zero attached hydrogens (tertiary/aromatic N) is 1. The van der Waals surface area contributed by atoms with Gasteiger partial charge in [-0.25, -0.2) is 0 Å². The molecule has 2 amide bonds. The molecule has 0 radical (unpaired) electrons. The van der Waals surface area contributed by atoms with Gasteiger partial charge in [-0.15, -0.1) is 0 Å². The molecule has 1 heterocycles. The molecule has 130 valence electrons. The predicted molar refractivity (Wildman–Crippen MR) is 87.8 cm³/mol. The highest BCUT2D eigenvalue weighted by atomic mass is 16.5. The van der Waals surface area contributed by atoms with Crippen molar-refractivity contribution in [3.63, 3.8) is 0 Å². The van der Waals surface area contributed by atoms with Crippen LogP contribution in [0.3, 0.4) is 0 Å². The fourth-order valence-corrected chi connectivity index (χ4v) is 2.53. The molecule has 7 nitrogen and oxygen atoms in total. The molecule has 1 aliphatic rings. The molecule has 1 aliphatic heterocycles. The molecule has 7 heteroatoms.